The molecule has 0 unspecified atom stereocenters. The lowest BCUT2D eigenvalue weighted by Crippen LogP contribution is -2.14. The maximum Gasteiger partial charge on any atom is 0.0159 e. The molecule has 12 aromatic rings. The zero-order valence-electron chi connectivity index (χ0n) is 36.3. The molecular weight excluding hydrogens is 781 g/mol. The molecule has 0 heteroatoms. The van der Waals surface area contributed by atoms with Gasteiger partial charge in [-0.15, -0.1) is 0 Å². The monoisotopic (exact) mass is 822 g/mol. The van der Waals surface area contributed by atoms with Crippen LogP contribution in [0.25, 0.3) is 132 Å². The van der Waals surface area contributed by atoms with Crippen molar-refractivity contribution in [1.82, 2.24) is 0 Å². The normalized spacial score (nSPS) is 13.2. The highest BCUT2D eigenvalue weighted by atomic mass is 14.4. The fourth-order valence-electron chi connectivity index (χ4n) is 12.0. The SMILES string of the molecule is CC1(C)c2ccccc2-c2ccc(-c3c4cc(-c5cccc6ccccc56)ccc4c(-c4ccc5c6c(cccc46)-c4ccccc4-5)c4cc(-c5cccc6ccccc56)ccc34)cc21. The molecule has 0 bridgehead atoms. The maximum absolute atomic E-state index is 2.52. The second-order valence-corrected chi connectivity index (χ2v) is 18.7. The summed E-state index contributed by atoms with van der Waals surface area (Å²) in [5.41, 5.74) is 20.6. The second-order valence-electron chi connectivity index (χ2n) is 18.7. The van der Waals surface area contributed by atoms with Crippen LogP contribution in [0.3, 0.4) is 0 Å². The number of hydrogen-bond donors (Lipinski definition) is 0. The topological polar surface area (TPSA) is 0 Å². The van der Waals surface area contributed by atoms with Gasteiger partial charge >= 0.3 is 0 Å². The van der Waals surface area contributed by atoms with Crippen LogP contribution in [0.2, 0.25) is 0 Å². The minimum absolute atomic E-state index is 0.134. The fourth-order valence-corrected chi connectivity index (χ4v) is 12.0. The standard InChI is InChI=1S/C65H42/c1-65(2)60-27-10-9-22-50(60)51-31-30-43(38-61(51)65)62-56-32-28-42(47-24-12-17-40-15-4-6-19-45(40)47)37-59(56)64(55-35-34-54-49-21-8-7-20-48(49)52-25-13-26-53(55)63(52)54)57-33-29-41(36-58(57)62)46-23-11-16-39-14-3-5-18-44(39)46/h3-38H,1-2H3. The molecule has 0 saturated heterocycles. The van der Waals surface area contributed by atoms with Crippen molar-refractivity contribution < 1.29 is 0 Å². The van der Waals surface area contributed by atoms with Gasteiger partial charge in [0.05, 0.1) is 0 Å². The predicted octanol–water partition coefficient (Wildman–Crippen LogP) is 18.1. The summed E-state index contributed by atoms with van der Waals surface area (Å²) in [6.45, 7) is 4.79. The second kappa shape index (κ2) is 13.5. The first-order valence-electron chi connectivity index (χ1n) is 22.9. The van der Waals surface area contributed by atoms with Gasteiger partial charge in [0.25, 0.3) is 0 Å². The summed E-state index contributed by atoms with van der Waals surface area (Å²) in [4.78, 5) is 0. The third-order valence-corrected chi connectivity index (χ3v) is 15.0. The minimum Gasteiger partial charge on any atom is -0.0619 e. The molecule has 0 radical (unpaired) electrons. The van der Waals surface area contributed by atoms with E-state index < -0.39 is 0 Å². The molecular formula is C65H42. The highest BCUT2D eigenvalue weighted by Gasteiger charge is 2.36. The first-order valence-corrected chi connectivity index (χ1v) is 22.9. The fraction of sp³-hybridized carbons (Fsp3) is 0.0462. The van der Waals surface area contributed by atoms with Crippen LogP contribution in [0.15, 0.2) is 218 Å². The Morgan fingerprint density at radius 3 is 1.38 bits per heavy atom. The van der Waals surface area contributed by atoms with Gasteiger partial charge in [-0.1, -0.05) is 214 Å². The van der Waals surface area contributed by atoms with E-state index in [9.17, 15) is 0 Å². The van der Waals surface area contributed by atoms with Gasteiger partial charge in [0.1, 0.15) is 0 Å². The lowest BCUT2D eigenvalue weighted by molar-refractivity contribution is 0.660. The largest absolute Gasteiger partial charge is 0.0619 e. The Hall–Kier alpha value is -8.06. The van der Waals surface area contributed by atoms with E-state index in [2.05, 4.69) is 232 Å². The molecule has 2 aliphatic rings. The Balaban J connectivity index is 1.13. The van der Waals surface area contributed by atoms with Crippen molar-refractivity contribution in [3.05, 3.63) is 230 Å². The summed E-state index contributed by atoms with van der Waals surface area (Å²) in [5, 5.41) is 12.7. The van der Waals surface area contributed by atoms with Crippen molar-refractivity contribution in [2.24, 2.45) is 0 Å². The van der Waals surface area contributed by atoms with Gasteiger partial charge in [0, 0.05) is 5.41 Å². The molecule has 302 valence electrons. The van der Waals surface area contributed by atoms with Crippen LogP contribution in [-0.4, -0.2) is 0 Å². The molecule has 0 nitrogen and oxygen atoms in total. The van der Waals surface area contributed by atoms with E-state index in [4.69, 9.17) is 0 Å². The van der Waals surface area contributed by atoms with Gasteiger partial charge in [-0.05, 0) is 161 Å². The third-order valence-electron chi connectivity index (χ3n) is 15.0. The number of benzene rings is 12. The van der Waals surface area contributed by atoms with Crippen LogP contribution in [0.4, 0.5) is 0 Å². The van der Waals surface area contributed by atoms with Gasteiger partial charge < -0.3 is 0 Å². The summed E-state index contributed by atoms with van der Waals surface area (Å²) in [7, 11) is 0. The summed E-state index contributed by atoms with van der Waals surface area (Å²) in [5.74, 6) is 0. The molecule has 12 aromatic carbocycles. The van der Waals surface area contributed by atoms with Crippen molar-refractivity contribution in [2.45, 2.75) is 19.3 Å². The Labute approximate surface area is 378 Å². The Morgan fingerprint density at radius 1 is 0.246 bits per heavy atom. The minimum atomic E-state index is -0.134. The van der Waals surface area contributed by atoms with Crippen molar-refractivity contribution in [3.8, 4) is 77.9 Å². The average Bonchev–Trinajstić information content (AvgIpc) is 3.81. The first-order chi connectivity index (χ1) is 32.0. The van der Waals surface area contributed by atoms with Crippen LogP contribution in [0.1, 0.15) is 25.0 Å². The summed E-state index contributed by atoms with van der Waals surface area (Å²) in [6, 6.07) is 82.5. The van der Waals surface area contributed by atoms with Crippen molar-refractivity contribution >= 4 is 53.9 Å². The van der Waals surface area contributed by atoms with Crippen LogP contribution >= 0.6 is 0 Å². The molecule has 14 rings (SSSR count). The average molecular weight is 823 g/mol. The van der Waals surface area contributed by atoms with Crippen LogP contribution < -0.4 is 0 Å². The number of fused-ring (bicyclic) bond motifs is 10. The predicted molar refractivity (Wildman–Crippen MR) is 278 cm³/mol. The first kappa shape index (κ1) is 36.4. The molecule has 0 atom stereocenters. The van der Waals surface area contributed by atoms with Crippen LogP contribution in [-0.2, 0) is 5.41 Å². The van der Waals surface area contributed by atoms with E-state index in [1.807, 2.05) is 0 Å². The molecule has 0 N–H and O–H groups in total. The Morgan fingerprint density at radius 2 is 0.692 bits per heavy atom. The summed E-state index contributed by atoms with van der Waals surface area (Å²) in [6.07, 6.45) is 0. The summed E-state index contributed by atoms with van der Waals surface area (Å²) < 4.78 is 0. The lowest BCUT2D eigenvalue weighted by atomic mass is 9.79. The molecule has 0 aliphatic heterocycles. The summed E-state index contributed by atoms with van der Waals surface area (Å²) >= 11 is 0. The van der Waals surface area contributed by atoms with Gasteiger partial charge in [-0.25, -0.2) is 0 Å². The van der Waals surface area contributed by atoms with Gasteiger partial charge in [0.15, 0.2) is 0 Å². The Kier molecular flexibility index (Phi) is 7.55. The van der Waals surface area contributed by atoms with E-state index >= 15 is 0 Å². The van der Waals surface area contributed by atoms with E-state index in [1.54, 1.807) is 0 Å². The zero-order chi connectivity index (χ0) is 43.0. The van der Waals surface area contributed by atoms with Crippen molar-refractivity contribution in [2.75, 3.05) is 0 Å². The third kappa shape index (κ3) is 5.14. The molecule has 0 fully saturated rings. The zero-order valence-corrected chi connectivity index (χ0v) is 36.3. The highest BCUT2D eigenvalue weighted by Crippen LogP contribution is 2.54. The van der Waals surface area contributed by atoms with E-state index in [0.717, 1.165) is 0 Å². The quantitative estimate of drug-likeness (QED) is 0.155. The smallest absolute Gasteiger partial charge is 0.0159 e. The van der Waals surface area contributed by atoms with E-state index in [0.29, 0.717) is 0 Å². The number of rotatable bonds is 4. The molecule has 0 saturated carbocycles. The van der Waals surface area contributed by atoms with Crippen molar-refractivity contribution in [3.63, 3.8) is 0 Å². The maximum atomic E-state index is 2.52. The van der Waals surface area contributed by atoms with Gasteiger partial charge in [-0.2, -0.15) is 0 Å². The molecule has 0 spiro atoms. The highest BCUT2D eigenvalue weighted by molar-refractivity contribution is 6.27. The van der Waals surface area contributed by atoms with E-state index in [1.165, 1.54) is 143 Å². The molecule has 0 amide bonds. The van der Waals surface area contributed by atoms with E-state index in [-0.39, 0.29) is 5.41 Å². The Bertz CT molecular complexity index is 3990. The van der Waals surface area contributed by atoms with Crippen LogP contribution in [0.5, 0.6) is 0 Å². The lowest BCUT2D eigenvalue weighted by Gasteiger charge is -2.24. The molecule has 65 heavy (non-hydrogen) atoms. The molecule has 2 aliphatic carbocycles. The molecule has 0 aromatic heterocycles. The van der Waals surface area contributed by atoms with Gasteiger partial charge in [-0.3, -0.25) is 0 Å². The van der Waals surface area contributed by atoms with Crippen LogP contribution in [0, 0.1) is 0 Å². The van der Waals surface area contributed by atoms with Gasteiger partial charge in [0.2, 0.25) is 0 Å². The number of hydrogen-bond acceptors (Lipinski definition) is 0. The van der Waals surface area contributed by atoms with Crippen molar-refractivity contribution in [1.29, 1.82) is 0 Å². The molecule has 0 heterocycles.